The van der Waals surface area contributed by atoms with Crippen molar-refractivity contribution in [1.82, 2.24) is 4.90 Å². The highest BCUT2D eigenvalue weighted by atomic mass is 16.5. The molecule has 4 heteroatoms. The van der Waals surface area contributed by atoms with Crippen molar-refractivity contribution in [3.8, 4) is 17.6 Å². The van der Waals surface area contributed by atoms with Crippen molar-refractivity contribution in [3.63, 3.8) is 0 Å². The Hall–Kier alpha value is -1.54. The molecule has 0 amide bonds. The van der Waals surface area contributed by atoms with E-state index in [1.54, 1.807) is 7.11 Å². The summed E-state index contributed by atoms with van der Waals surface area (Å²) in [6.45, 7) is 7.33. The summed E-state index contributed by atoms with van der Waals surface area (Å²) in [5.74, 6) is 6.31. The van der Waals surface area contributed by atoms with Crippen molar-refractivity contribution in [3.05, 3.63) is 29.8 Å². The Morgan fingerprint density at radius 2 is 2.19 bits per heavy atom. The molecule has 0 aromatic heterocycles. The molecule has 1 aromatic carbocycles. The fourth-order valence-electron chi connectivity index (χ4n) is 2.12. The monoisotopic (exact) mass is 291 g/mol. The Bertz CT molecular complexity index is 465. The van der Waals surface area contributed by atoms with Gasteiger partial charge in [0.2, 0.25) is 0 Å². The second-order valence-corrected chi connectivity index (χ2v) is 4.77. The van der Waals surface area contributed by atoms with Crippen LogP contribution >= 0.6 is 0 Å². The molecule has 0 bridgehead atoms. The average Bonchev–Trinajstić information content (AvgIpc) is 2.50. The van der Waals surface area contributed by atoms with Gasteiger partial charge in [0.1, 0.15) is 19.0 Å². The van der Waals surface area contributed by atoms with Gasteiger partial charge < -0.3 is 14.6 Å². The number of aliphatic hydroxyl groups is 1. The summed E-state index contributed by atoms with van der Waals surface area (Å²) in [5.41, 5.74) is 0.849. The Morgan fingerprint density at radius 1 is 1.38 bits per heavy atom. The van der Waals surface area contributed by atoms with Gasteiger partial charge in [0.05, 0.1) is 6.61 Å². The number of likely N-dealkylation sites (N-methyl/N-ethyl adjacent to an activating group) is 1. The lowest BCUT2D eigenvalue weighted by molar-refractivity contribution is 0.0920. The normalized spacial score (nSPS) is 11.9. The molecule has 0 heterocycles. The minimum Gasteiger partial charge on any atom is -0.492 e. The van der Waals surface area contributed by atoms with Crippen molar-refractivity contribution >= 4 is 0 Å². The third kappa shape index (κ3) is 6.63. The van der Waals surface area contributed by atoms with Crippen molar-refractivity contribution in [2.75, 3.05) is 40.0 Å². The zero-order valence-electron chi connectivity index (χ0n) is 13.1. The number of rotatable bonds is 8. The topological polar surface area (TPSA) is 41.9 Å². The maximum atomic E-state index is 8.70. The summed E-state index contributed by atoms with van der Waals surface area (Å²) in [5, 5.41) is 8.70. The number of aliphatic hydroxyl groups excluding tert-OH is 1. The first kappa shape index (κ1) is 17.5. The van der Waals surface area contributed by atoms with E-state index >= 15 is 0 Å². The summed E-state index contributed by atoms with van der Waals surface area (Å²) in [6, 6.07) is 7.98. The maximum absolute atomic E-state index is 8.70. The third-order valence-corrected chi connectivity index (χ3v) is 3.23. The van der Waals surface area contributed by atoms with Gasteiger partial charge >= 0.3 is 0 Å². The molecule has 1 unspecified atom stereocenters. The summed E-state index contributed by atoms with van der Waals surface area (Å²) >= 11 is 0. The van der Waals surface area contributed by atoms with E-state index < -0.39 is 0 Å². The number of hydrogen-bond acceptors (Lipinski definition) is 4. The van der Waals surface area contributed by atoms with Crippen LogP contribution in [0.2, 0.25) is 0 Å². The average molecular weight is 291 g/mol. The highest BCUT2D eigenvalue weighted by Gasteiger charge is 2.11. The number of ether oxygens (including phenoxy) is 2. The summed E-state index contributed by atoms with van der Waals surface area (Å²) in [4.78, 5) is 2.32. The van der Waals surface area contributed by atoms with Gasteiger partial charge in [-0.15, -0.1) is 0 Å². The minimum absolute atomic E-state index is 0.131. The van der Waals surface area contributed by atoms with Gasteiger partial charge in [-0.1, -0.05) is 24.8 Å². The van der Waals surface area contributed by atoms with Crippen LogP contribution < -0.4 is 4.74 Å². The molecule has 1 rings (SSSR count). The van der Waals surface area contributed by atoms with Crippen LogP contribution in [0.5, 0.6) is 5.75 Å². The van der Waals surface area contributed by atoms with E-state index in [0.717, 1.165) is 31.0 Å². The Morgan fingerprint density at radius 3 is 2.86 bits per heavy atom. The highest BCUT2D eigenvalue weighted by molar-refractivity contribution is 5.39. The molecule has 116 valence electrons. The molecule has 4 nitrogen and oxygen atoms in total. The van der Waals surface area contributed by atoms with Gasteiger partial charge in [0.25, 0.3) is 0 Å². The molecule has 0 saturated carbocycles. The highest BCUT2D eigenvalue weighted by Crippen LogP contribution is 2.12. The molecule has 1 N–H and O–H groups in total. The summed E-state index contributed by atoms with van der Waals surface area (Å²) < 4.78 is 11.0. The Labute approximate surface area is 127 Å². The van der Waals surface area contributed by atoms with Crippen molar-refractivity contribution in [2.45, 2.75) is 19.9 Å². The molecular weight excluding hydrogens is 266 g/mol. The molecule has 0 aliphatic carbocycles. The zero-order chi connectivity index (χ0) is 15.5. The van der Waals surface area contributed by atoms with E-state index in [2.05, 4.69) is 30.6 Å². The first-order chi connectivity index (χ1) is 10.2. The van der Waals surface area contributed by atoms with Crippen LogP contribution in [0.4, 0.5) is 0 Å². The van der Waals surface area contributed by atoms with E-state index in [9.17, 15) is 0 Å². The molecular formula is C17H25NO3. The predicted molar refractivity (Wildman–Crippen MR) is 84.5 cm³/mol. The van der Waals surface area contributed by atoms with Gasteiger partial charge in [0, 0.05) is 25.3 Å². The molecule has 0 fully saturated rings. The van der Waals surface area contributed by atoms with Crippen LogP contribution in [-0.2, 0) is 4.74 Å². The van der Waals surface area contributed by atoms with Crippen LogP contribution in [0.1, 0.15) is 19.4 Å². The number of nitrogens with zero attached hydrogens (tertiary/aromatic N) is 1. The lowest BCUT2D eigenvalue weighted by atomic mass is 10.2. The van der Waals surface area contributed by atoms with Crippen molar-refractivity contribution in [2.24, 2.45) is 0 Å². The molecule has 0 saturated heterocycles. The minimum atomic E-state index is -0.131. The number of benzene rings is 1. The zero-order valence-corrected chi connectivity index (χ0v) is 13.1. The van der Waals surface area contributed by atoms with Crippen LogP contribution in [0, 0.1) is 11.8 Å². The van der Waals surface area contributed by atoms with Gasteiger partial charge in [-0.3, -0.25) is 4.90 Å². The largest absolute Gasteiger partial charge is 0.492 e. The number of hydrogen-bond donors (Lipinski definition) is 1. The molecule has 0 aliphatic heterocycles. The first-order valence-corrected chi connectivity index (χ1v) is 7.26. The number of methoxy groups -OCH3 is 1. The first-order valence-electron chi connectivity index (χ1n) is 7.26. The summed E-state index contributed by atoms with van der Waals surface area (Å²) in [7, 11) is 1.72. The van der Waals surface area contributed by atoms with Crippen molar-refractivity contribution < 1.29 is 14.6 Å². The molecule has 21 heavy (non-hydrogen) atoms. The fourth-order valence-corrected chi connectivity index (χ4v) is 2.12. The van der Waals surface area contributed by atoms with Gasteiger partial charge in [0.15, 0.2) is 0 Å². The van der Waals surface area contributed by atoms with E-state index in [4.69, 9.17) is 14.6 Å². The quantitative estimate of drug-likeness (QED) is 0.741. The standard InChI is InChI=1S/C17H25NO3/c1-4-18(15(2)14-20-3)10-12-21-17-9-5-7-16(13-17)8-6-11-19/h5,7,9,13,15,19H,4,10-12,14H2,1-3H3. The molecule has 0 spiro atoms. The van der Waals surface area contributed by atoms with E-state index in [1.807, 2.05) is 24.3 Å². The second kappa shape index (κ2) is 10.2. The van der Waals surface area contributed by atoms with E-state index in [-0.39, 0.29) is 6.61 Å². The third-order valence-electron chi connectivity index (χ3n) is 3.23. The van der Waals surface area contributed by atoms with Gasteiger partial charge in [-0.25, -0.2) is 0 Å². The van der Waals surface area contributed by atoms with E-state index in [1.165, 1.54) is 0 Å². The lowest BCUT2D eigenvalue weighted by Crippen LogP contribution is -2.38. The Kier molecular flexibility index (Phi) is 8.53. The predicted octanol–water partition coefficient (Wildman–Crippen LogP) is 1.77. The Balaban J connectivity index is 2.47. The molecule has 1 atom stereocenters. The van der Waals surface area contributed by atoms with Crippen LogP contribution in [0.25, 0.3) is 0 Å². The SMILES string of the molecule is CCN(CCOc1cccc(C#CCO)c1)C(C)COC. The summed E-state index contributed by atoms with van der Waals surface area (Å²) in [6.07, 6.45) is 0. The van der Waals surface area contributed by atoms with Gasteiger partial charge in [-0.2, -0.15) is 0 Å². The maximum Gasteiger partial charge on any atom is 0.120 e. The van der Waals surface area contributed by atoms with Gasteiger partial charge in [-0.05, 0) is 31.7 Å². The second-order valence-electron chi connectivity index (χ2n) is 4.77. The van der Waals surface area contributed by atoms with Crippen LogP contribution in [-0.4, -0.2) is 56.1 Å². The van der Waals surface area contributed by atoms with Crippen LogP contribution in [0.3, 0.4) is 0 Å². The lowest BCUT2D eigenvalue weighted by Gasteiger charge is -2.27. The van der Waals surface area contributed by atoms with Crippen LogP contribution in [0.15, 0.2) is 24.3 Å². The molecule has 1 aromatic rings. The fraction of sp³-hybridized carbons (Fsp3) is 0.529. The van der Waals surface area contributed by atoms with Crippen molar-refractivity contribution in [1.29, 1.82) is 0 Å². The molecule has 0 aliphatic rings. The smallest absolute Gasteiger partial charge is 0.120 e. The molecule has 0 radical (unpaired) electrons. The van der Waals surface area contributed by atoms with E-state index in [0.29, 0.717) is 12.6 Å².